The minimum atomic E-state index is -0.537. The van der Waals surface area contributed by atoms with Crippen LogP contribution in [0.3, 0.4) is 0 Å². The molecule has 6 heteroatoms. The molecule has 0 spiro atoms. The number of carbonyl (C=O) groups excluding carboxylic acids is 2. The van der Waals surface area contributed by atoms with Crippen LogP contribution in [0.2, 0.25) is 0 Å². The van der Waals surface area contributed by atoms with Crippen LogP contribution in [0.4, 0.5) is 0 Å². The van der Waals surface area contributed by atoms with Gasteiger partial charge in [-0.25, -0.2) is 0 Å². The van der Waals surface area contributed by atoms with Gasteiger partial charge in [0.15, 0.2) is 0 Å². The second-order valence-corrected chi connectivity index (χ2v) is 4.19. The molecular formula is C14H17N3O3. The standard InChI is InChI=1S/C14H17N3O3/c15-13(19)9-17(10-14(16)20)8-12-5-2-1-4-11(12)6-3-7-18/h1-2,4-5,18H,7-10H2,(H2,15,19)(H2,16,20). The number of aliphatic hydroxyl groups is 1. The Morgan fingerprint density at radius 2 is 1.75 bits per heavy atom. The summed E-state index contributed by atoms with van der Waals surface area (Å²) in [4.78, 5) is 23.6. The molecule has 106 valence electrons. The molecule has 20 heavy (non-hydrogen) atoms. The van der Waals surface area contributed by atoms with E-state index in [-0.39, 0.29) is 19.7 Å². The van der Waals surface area contributed by atoms with E-state index < -0.39 is 11.8 Å². The monoisotopic (exact) mass is 275 g/mol. The minimum absolute atomic E-state index is 0.0648. The number of nitrogens with two attached hydrogens (primary N) is 2. The van der Waals surface area contributed by atoms with Crippen molar-refractivity contribution in [2.45, 2.75) is 6.54 Å². The van der Waals surface area contributed by atoms with E-state index in [1.165, 1.54) is 0 Å². The lowest BCUT2D eigenvalue weighted by Gasteiger charge is -2.19. The van der Waals surface area contributed by atoms with E-state index in [0.717, 1.165) is 11.1 Å². The summed E-state index contributed by atoms with van der Waals surface area (Å²) in [6.45, 7) is -0.0435. The Morgan fingerprint density at radius 1 is 1.15 bits per heavy atom. The fourth-order valence-electron chi connectivity index (χ4n) is 1.76. The molecule has 0 saturated heterocycles. The summed E-state index contributed by atoms with van der Waals surface area (Å²) in [6.07, 6.45) is 0. The lowest BCUT2D eigenvalue weighted by molar-refractivity contribution is -0.122. The Balaban J connectivity index is 2.92. The van der Waals surface area contributed by atoms with Gasteiger partial charge in [-0.2, -0.15) is 0 Å². The Kier molecular flexibility index (Phi) is 6.23. The molecule has 0 bridgehead atoms. The number of hydrogen-bond donors (Lipinski definition) is 3. The lowest BCUT2D eigenvalue weighted by atomic mass is 10.1. The van der Waals surface area contributed by atoms with Crippen molar-refractivity contribution in [2.75, 3.05) is 19.7 Å². The van der Waals surface area contributed by atoms with Gasteiger partial charge in [0.1, 0.15) is 6.61 Å². The van der Waals surface area contributed by atoms with E-state index in [9.17, 15) is 9.59 Å². The van der Waals surface area contributed by atoms with Crippen LogP contribution in [0.1, 0.15) is 11.1 Å². The molecule has 5 N–H and O–H groups in total. The molecule has 0 fully saturated rings. The van der Waals surface area contributed by atoms with Crippen LogP contribution in [0.5, 0.6) is 0 Å². The maximum Gasteiger partial charge on any atom is 0.231 e. The van der Waals surface area contributed by atoms with Gasteiger partial charge >= 0.3 is 0 Å². The zero-order valence-corrected chi connectivity index (χ0v) is 11.0. The third-order valence-corrected chi connectivity index (χ3v) is 2.47. The third kappa shape index (κ3) is 5.52. The molecule has 0 aromatic heterocycles. The van der Waals surface area contributed by atoms with E-state index in [2.05, 4.69) is 11.8 Å². The molecule has 6 nitrogen and oxygen atoms in total. The normalized spacial score (nSPS) is 9.90. The topological polar surface area (TPSA) is 110 Å². The second-order valence-electron chi connectivity index (χ2n) is 4.19. The number of carbonyl (C=O) groups is 2. The molecule has 0 radical (unpaired) electrons. The summed E-state index contributed by atoms with van der Waals surface area (Å²) in [5.74, 6) is 4.31. The first-order chi connectivity index (χ1) is 9.52. The van der Waals surface area contributed by atoms with Gasteiger partial charge in [0.2, 0.25) is 11.8 Å². The maximum atomic E-state index is 11.0. The molecule has 1 aromatic rings. The van der Waals surface area contributed by atoms with Gasteiger partial charge in [0.25, 0.3) is 0 Å². The predicted octanol–water partition coefficient (Wildman–Crippen LogP) is -1.20. The fraction of sp³-hybridized carbons (Fsp3) is 0.286. The highest BCUT2D eigenvalue weighted by atomic mass is 16.2. The van der Waals surface area contributed by atoms with Crippen molar-refractivity contribution in [3.63, 3.8) is 0 Å². The van der Waals surface area contributed by atoms with E-state index in [1.807, 2.05) is 18.2 Å². The van der Waals surface area contributed by atoms with Crippen molar-refractivity contribution < 1.29 is 14.7 Å². The van der Waals surface area contributed by atoms with Crippen LogP contribution < -0.4 is 11.5 Å². The number of aliphatic hydroxyl groups excluding tert-OH is 1. The predicted molar refractivity (Wildman–Crippen MR) is 74.1 cm³/mol. The summed E-state index contributed by atoms with van der Waals surface area (Å²) >= 11 is 0. The summed E-state index contributed by atoms with van der Waals surface area (Å²) in [5, 5.41) is 8.73. The van der Waals surface area contributed by atoms with Crippen molar-refractivity contribution in [1.29, 1.82) is 0 Å². The van der Waals surface area contributed by atoms with Gasteiger partial charge in [-0.05, 0) is 11.6 Å². The highest BCUT2D eigenvalue weighted by molar-refractivity contribution is 5.79. The van der Waals surface area contributed by atoms with Crippen LogP contribution >= 0.6 is 0 Å². The molecule has 0 aliphatic heterocycles. The van der Waals surface area contributed by atoms with Crippen molar-refractivity contribution in [3.8, 4) is 11.8 Å². The molecule has 0 heterocycles. The van der Waals surface area contributed by atoms with Crippen LogP contribution in [0.25, 0.3) is 0 Å². The summed E-state index contributed by atoms with van der Waals surface area (Å²) in [6, 6.07) is 7.27. The maximum absolute atomic E-state index is 11.0. The molecule has 0 atom stereocenters. The SMILES string of the molecule is NC(=O)CN(CC(N)=O)Cc1ccccc1C#CCO. The molecule has 1 rings (SSSR count). The molecule has 0 saturated carbocycles. The van der Waals surface area contributed by atoms with Gasteiger partial charge in [0.05, 0.1) is 13.1 Å². The first-order valence-electron chi connectivity index (χ1n) is 5.99. The number of hydrogen-bond acceptors (Lipinski definition) is 4. The van der Waals surface area contributed by atoms with Crippen molar-refractivity contribution >= 4 is 11.8 Å². The number of nitrogens with zero attached hydrogens (tertiary/aromatic N) is 1. The average Bonchev–Trinajstić information content (AvgIpc) is 2.36. The zero-order chi connectivity index (χ0) is 15.0. The highest BCUT2D eigenvalue weighted by Gasteiger charge is 2.13. The smallest absolute Gasteiger partial charge is 0.231 e. The third-order valence-electron chi connectivity index (χ3n) is 2.47. The van der Waals surface area contributed by atoms with E-state index in [1.54, 1.807) is 11.0 Å². The fourth-order valence-corrected chi connectivity index (χ4v) is 1.76. The van der Waals surface area contributed by atoms with Crippen molar-refractivity contribution in [2.24, 2.45) is 11.5 Å². The van der Waals surface area contributed by atoms with Crippen LogP contribution in [-0.2, 0) is 16.1 Å². The minimum Gasteiger partial charge on any atom is -0.384 e. The number of primary amides is 2. The second kappa shape index (κ2) is 7.94. The largest absolute Gasteiger partial charge is 0.384 e. The molecule has 1 aromatic carbocycles. The molecular weight excluding hydrogens is 258 g/mol. The number of rotatable bonds is 6. The van der Waals surface area contributed by atoms with Gasteiger partial charge < -0.3 is 16.6 Å². The van der Waals surface area contributed by atoms with E-state index in [4.69, 9.17) is 16.6 Å². The highest BCUT2D eigenvalue weighted by Crippen LogP contribution is 2.10. The molecule has 2 amide bonds. The van der Waals surface area contributed by atoms with Gasteiger partial charge in [-0.1, -0.05) is 30.0 Å². The quantitative estimate of drug-likeness (QED) is 0.567. The molecule has 0 unspecified atom stereocenters. The summed E-state index contributed by atoms with van der Waals surface area (Å²) in [5.41, 5.74) is 11.8. The van der Waals surface area contributed by atoms with Crippen molar-refractivity contribution in [1.82, 2.24) is 4.90 Å². The Bertz CT molecular complexity index is 530. The Labute approximate surface area is 117 Å². The summed E-state index contributed by atoms with van der Waals surface area (Å²) < 4.78 is 0. The van der Waals surface area contributed by atoms with Gasteiger partial charge in [0, 0.05) is 12.1 Å². The summed E-state index contributed by atoms with van der Waals surface area (Å²) in [7, 11) is 0. The average molecular weight is 275 g/mol. The Morgan fingerprint density at radius 3 is 2.30 bits per heavy atom. The lowest BCUT2D eigenvalue weighted by Crippen LogP contribution is -2.39. The first-order valence-corrected chi connectivity index (χ1v) is 5.99. The van der Waals surface area contributed by atoms with Crippen molar-refractivity contribution in [3.05, 3.63) is 35.4 Å². The van der Waals surface area contributed by atoms with Gasteiger partial charge in [-0.3, -0.25) is 14.5 Å². The van der Waals surface area contributed by atoms with Crippen LogP contribution in [-0.4, -0.2) is 41.5 Å². The zero-order valence-electron chi connectivity index (χ0n) is 11.0. The van der Waals surface area contributed by atoms with E-state index >= 15 is 0 Å². The Hall–Kier alpha value is -2.36. The first kappa shape index (κ1) is 15.7. The van der Waals surface area contributed by atoms with Crippen LogP contribution in [0.15, 0.2) is 24.3 Å². The van der Waals surface area contributed by atoms with Crippen LogP contribution in [0, 0.1) is 11.8 Å². The van der Waals surface area contributed by atoms with E-state index in [0.29, 0.717) is 6.54 Å². The molecule has 0 aliphatic rings. The number of benzene rings is 1. The van der Waals surface area contributed by atoms with Gasteiger partial charge in [-0.15, -0.1) is 0 Å². The number of amides is 2. The molecule has 0 aliphatic carbocycles.